The van der Waals surface area contributed by atoms with E-state index < -0.39 is 0 Å². The third kappa shape index (κ3) is 4.13. The lowest BCUT2D eigenvalue weighted by atomic mass is 9.86. The minimum absolute atomic E-state index is 0.283. The molecule has 1 atom stereocenters. The van der Waals surface area contributed by atoms with E-state index in [0.717, 1.165) is 17.0 Å². The lowest BCUT2D eigenvalue weighted by molar-refractivity contribution is -0.136. The van der Waals surface area contributed by atoms with E-state index in [1.165, 1.54) is 7.11 Å². The highest BCUT2D eigenvalue weighted by atomic mass is 35.5. The molecule has 0 fully saturated rings. The molecule has 124 valence electrons. The van der Waals surface area contributed by atoms with Gasteiger partial charge in [-0.05, 0) is 18.6 Å². The average Bonchev–Trinajstić information content (AvgIpc) is 2.54. The second-order valence-corrected chi connectivity index (χ2v) is 5.59. The normalized spacial score (nSPS) is 17.6. The number of carbonyl (C=O) groups excluding carboxylic acids is 1. The van der Waals surface area contributed by atoms with Crippen LogP contribution < -0.4 is 11.1 Å². The fourth-order valence-electron chi connectivity index (χ4n) is 2.58. The molecule has 1 heterocycles. The van der Waals surface area contributed by atoms with Crippen molar-refractivity contribution in [2.75, 3.05) is 26.9 Å². The number of nitrogens with one attached hydrogen (secondary N) is 1. The summed E-state index contributed by atoms with van der Waals surface area (Å²) in [5.74, 6) is -0.660. The van der Waals surface area contributed by atoms with Gasteiger partial charge in [0.25, 0.3) is 0 Å². The van der Waals surface area contributed by atoms with Crippen LogP contribution in [0.25, 0.3) is 0 Å². The number of hydrogen-bond donors (Lipinski definition) is 2. The molecule has 0 saturated heterocycles. The van der Waals surface area contributed by atoms with Crippen molar-refractivity contribution >= 4 is 17.6 Å². The Balaban J connectivity index is 2.38. The number of benzene rings is 1. The van der Waals surface area contributed by atoms with Crippen LogP contribution in [0.5, 0.6) is 0 Å². The second-order valence-electron chi connectivity index (χ2n) is 5.19. The number of dihydropyridines is 1. The highest BCUT2D eigenvalue weighted by Gasteiger charge is 2.29. The predicted octanol–water partition coefficient (Wildman–Crippen LogP) is 2.33. The molecule has 0 saturated carbocycles. The SMILES string of the molecule is COC(=O)C1=C(C)NC(COCCN)=CC1c1ccccc1Cl. The molecule has 23 heavy (non-hydrogen) atoms. The number of halogens is 1. The number of rotatable bonds is 6. The van der Waals surface area contributed by atoms with Gasteiger partial charge in [0.15, 0.2) is 0 Å². The van der Waals surface area contributed by atoms with Gasteiger partial charge in [0, 0.05) is 28.9 Å². The summed E-state index contributed by atoms with van der Waals surface area (Å²) in [6.07, 6.45) is 1.94. The fourth-order valence-corrected chi connectivity index (χ4v) is 2.83. The first-order chi connectivity index (χ1) is 11.1. The smallest absolute Gasteiger partial charge is 0.336 e. The first-order valence-corrected chi connectivity index (χ1v) is 7.75. The van der Waals surface area contributed by atoms with E-state index in [4.69, 9.17) is 26.8 Å². The van der Waals surface area contributed by atoms with Crippen molar-refractivity contribution < 1.29 is 14.3 Å². The van der Waals surface area contributed by atoms with Crippen LogP contribution in [0, 0.1) is 0 Å². The summed E-state index contributed by atoms with van der Waals surface area (Å²) in [5.41, 5.74) is 8.44. The Kier molecular flexibility index (Phi) is 6.21. The number of ether oxygens (including phenoxy) is 2. The van der Waals surface area contributed by atoms with Gasteiger partial charge in [-0.15, -0.1) is 0 Å². The van der Waals surface area contributed by atoms with Crippen LogP contribution in [0.4, 0.5) is 0 Å². The summed E-state index contributed by atoms with van der Waals surface area (Å²) < 4.78 is 10.4. The molecule has 2 rings (SSSR count). The molecule has 0 bridgehead atoms. The maximum atomic E-state index is 12.2. The van der Waals surface area contributed by atoms with Gasteiger partial charge in [0.1, 0.15) is 0 Å². The molecule has 1 aliphatic heterocycles. The summed E-state index contributed by atoms with van der Waals surface area (Å²) in [6.45, 7) is 3.17. The van der Waals surface area contributed by atoms with Gasteiger partial charge in [0.2, 0.25) is 0 Å². The molecule has 0 radical (unpaired) electrons. The average molecular weight is 337 g/mol. The van der Waals surface area contributed by atoms with Gasteiger partial charge < -0.3 is 20.5 Å². The molecule has 1 aromatic rings. The van der Waals surface area contributed by atoms with Gasteiger partial charge in [-0.1, -0.05) is 35.9 Å². The van der Waals surface area contributed by atoms with Crippen molar-refractivity contribution in [3.63, 3.8) is 0 Å². The van der Waals surface area contributed by atoms with Crippen LogP contribution in [0.2, 0.25) is 5.02 Å². The Hall–Kier alpha value is -1.82. The predicted molar refractivity (Wildman–Crippen MR) is 90.0 cm³/mol. The molecule has 6 heteroatoms. The number of allylic oxidation sites excluding steroid dienone is 2. The Morgan fingerprint density at radius 3 is 2.78 bits per heavy atom. The highest BCUT2D eigenvalue weighted by Crippen LogP contribution is 2.36. The number of carbonyl (C=O) groups is 1. The molecule has 1 aromatic carbocycles. The number of nitrogens with two attached hydrogens (primary N) is 1. The fraction of sp³-hybridized carbons (Fsp3) is 0.353. The lowest BCUT2D eigenvalue weighted by Gasteiger charge is -2.27. The van der Waals surface area contributed by atoms with E-state index in [2.05, 4.69) is 5.32 Å². The quantitative estimate of drug-likeness (QED) is 0.616. The molecule has 5 nitrogen and oxygen atoms in total. The topological polar surface area (TPSA) is 73.6 Å². The minimum Gasteiger partial charge on any atom is -0.466 e. The molecule has 1 unspecified atom stereocenters. The Morgan fingerprint density at radius 2 is 2.13 bits per heavy atom. The summed E-state index contributed by atoms with van der Waals surface area (Å²) in [7, 11) is 1.37. The van der Waals surface area contributed by atoms with Crippen molar-refractivity contribution in [1.82, 2.24) is 5.32 Å². The zero-order chi connectivity index (χ0) is 16.8. The third-order valence-corrected chi connectivity index (χ3v) is 3.94. The molecule has 0 aromatic heterocycles. The van der Waals surface area contributed by atoms with Gasteiger partial charge >= 0.3 is 5.97 Å². The van der Waals surface area contributed by atoms with Crippen LogP contribution in [0.15, 0.2) is 47.3 Å². The molecule has 0 spiro atoms. The Labute approximate surface area is 141 Å². The highest BCUT2D eigenvalue weighted by molar-refractivity contribution is 6.31. The third-order valence-electron chi connectivity index (χ3n) is 3.60. The van der Waals surface area contributed by atoms with Gasteiger partial charge in [0.05, 0.1) is 25.9 Å². The largest absolute Gasteiger partial charge is 0.466 e. The van der Waals surface area contributed by atoms with Crippen LogP contribution in [-0.4, -0.2) is 32.8 Å². The maximum Gasteiger partial charge on any atom is 0.336 e. The summed E-state index contributed by atoms with van der Waals surface area (Å²) in [6, 6.07) is 7.47. The monoisotopic (exact) mass is 336 g/mol. The molecule has 0 aliphatic carbocycles. The van der Waals surface area contributed by atoms with E-state index >= 15 is 0 Å². The molecule has 0 amide bonds. The van der Waals surface area contributed by atoms with Gasteiger partial charge in [-0.2, -0.15) is 0 Å². The van der Waals surface area contributed by atoms with Crippen LogP contribution in [0.3, 0.4) is 0 Å². The first kappa shape index (κ1) is 17.5. The summed E-state index contributed by atoms with van der Waals surface area (Å²) in [5, 5.41) is 3.79. The van der Waals surface area contributed by atoms with E-state index in [1.54, 1.807) is 0 Å². The summed E-state index contributed by atoms with van der Waals surface area (Å²) in [4.78, 5) is 12.2. The minimum atomic E-state index is -0.377. The van der Waals surface area contributed by atoms with Gasteiger partial charge in [-0.25, -0.2) is 4.79 Å². The van der Waals surface area contributed by atoms with E-state index in [1.807, 2.05) is 37.3 Å². The lowest BCUT2D eigenvalue weighted by Crippen LogP contribution is -2.28. The van der Waals surface area contributed by atoms with Crippen molar-refractivity contribution in [3.8, 4) is 0 Å². The van der Waals surface area contributed by atoms with E-state index in [0.29, 0.717) is 30.4 Å². The molecule has 3 N–H and O–H groups in total. The standard InChI is InChI=1S/C17H21ClN2O3/c1-11-16(17(21)22-2)14(13-5-3-4-6-15(13)18)9-12(20-11)10-23-8-7-19/h3-6,9,14,20H,7-8,10,19H2,1-2H3. The van der Waals surface area contributed by atoms with Crippen LogP contribution >= 0.6 is 11.6 Å². The van der Waals surface area contributed by atoms with Crippen LogP contribution in [0.1, 0.15) is 18.4 Å². The number of hydrogen-bond acceptors (Lipinski definition) is 5. The van der Waals surface area contributed by atoms with Gasteiger partial charge in [-0.3, -0.25) is 0 Å². The van der Waals surface area contributed by atoms with Crippen LogP contribution in [-0.2, 0) is 14.3 Å². The first-order valence-electron chi connectivity index (χ1n) is 7.37. The summed E-state index contributed by atoms with van der Waals surface area (Å²) >= 11 is 6.32. The number of esters is 1. The molecule has 1 aliphatic rings. The molecular weight excluding hydrogens is 316 g/mol. The van der Waals surface area contributed by atoms with Crippen molar-refractivity contribution in [2.24, 2.45) is 5.73 Å². The van der Waals surface area contributed by atoms with Crippen molar-refractivity contribution in [1.29, 1.82) is 0 Å². The Bertz CT molecular complexity index is 640. The second kappa shape index (κ2) is 8.15. The number of methoxy groups -OCH3 is 1. The Morgan fingerprint density at radius 1 is 1.39 bits per heavy atom. The zero-order valence-corrected chi connectivity index (χ0v) is 14.0. The molecular formula is C17H21ClN2O3. The van der Waals surface area contributed by atoms with Crippen molar-refractivity contribution in [3.05, 3.63) is 57.9 Å². The maximum absolute atomic E-state index is 12.2. The van der Waals surface area contributed by atoms with E-state index in [-0.39, 0.29) is 11.9 Å². The van der Waals surface area contributed by atoms with Crippen molar-refractivity contribution in [2.45, 2.75) is 12.8 Å². The van der Waals surface area contributed by atoms with E-state index in [9.17, 15) is 4.79 Å². The zero-order valence-electron chi connectivity index (χ0n) is 13.3.